The number of hydrogen-bond acceptors (Lipinski definition) is 6. The Morgan fingerprint density at radius 1 is 1.31 bits per heavy atom. The monoisotopic (exact) mass is 430 g/mol. The van der Waals surface area contributed by atoms with Gasteiger partial charge in [-0.25, -0.2) is 9.59 Å². The Morgan fingerprint density at radius 2 is 1.96 bits per heavy atom. The van der Waals surface area contributed by atoms with E-state index in [2.05, 4.69) is 5.32 Å². The van der Waals surface area contributed by atoms with Crippen molar-refractivity contribution in [1.29, 1.82) is 0 Å². The Kier molecular flexibility index (Phi) is 10.0. The Bertz CT molecular complexity index is 809. The Labute approximate surface area is 160 Å². The molecule has 0 bridgehead atoms. The second-order valence-corrected chi connectivity index (χ2v) is 5.38. The molecule has 8 N–H and O–H groups in total. The fourth-order valence-electron chi connectivity index (χ4n) is 2.00. The zero-order valence-corrected chi connectivity index (χ0v) is 15.9. The van der Waals surface area contributed by atoms with Crippen LogP contribution in [0.1, 0.15) is 18.4 Å². The molecule has 0 aliphatic heterocycles. The van der Waals surface area contributed by atoms with Crippen LogP contribution in [0.4, 0.5) is 10.5 Å². The van der Waals surface area contributed by atoms with Gasteiger partial charge in [-0.1, -0.05) is 0 Å². The van der Waals surface area contributed by atoms with Crippen LogP contribution in [0.5, 0.6) is 0 Å². The van der Waals surface area contributed by atoms with E-state index in [9.17, 15) is 14.4 Å². The molecule has 2 amide bonds. The summed E-state index contributed by atoms with van der Waals surface area (Å²) in [6, 6.07) is 5.29. The van der Waals surface area contributed by atoms with E-state index in [0.717, 1.165) is 10.9 Å². The average molecular weight is 431 g/mol. The van der Waals surface area contributed by atoms with Crippen molar-refractivity contribution in [1.82, 2.24) is 5.32 Å². The van der Waals surface area contributed by atoms with Gasteiger partial charge in [-0.15, -0.1) is 17.0 Å². The molecule has 0 aliphatic rings. The minimum absolute atomic E-state index is 0. The number of primary amides is 1. The van der Waals surface area contributed by atoms with Gasteiger partial charge in [-0.3, -0.25) is 4.79 Å². The van der Waals surface area contributed by atoms with Gasteiger partial charge < -0.3 is 32.0 Å². The summed E-state index contributed by atoms with van der Waals surface area (Å²) in [5, 5.41) is 11.6. The molecule has 9 nitrogen and oxygen atoms in total. The van der Waals surface area contributed by atoms with E-state index in [1.54, 1.807) is 12.1 Å². The Hall–Kier alpha value is -2.59. The van der Waals surface area contributed by atoms with Crippen molar-refractivity contribution >= 4 is 45.6 Å². The quantitative estimate of drug-likeness (QED) is 0.268. The highest BCUT2D eigenvalue weighted by atomic mass is 79.9. The van der Waals surface area contributed by atoms with Gasteiger partial charge in [0.1, 0.15) is 11.6 Å². The summed E-state index contributed by atoms with van der Waals surface area (Å²) in [6.45, 7) is 2.23. The number of anilines is 1. The summed E-state index contributed by atoms with van der Waals surface area (Å²) in [5.74, 6) is -1.03. The number of hydrogen-bond donors (Lipinski definition) is 5. The molecule has 0 unspecified atom stereocenters. The number of nitrogens with one attached hydrogen (secondary N) is 1. The zero-order valence-electron chi connectivity index (χ0n) is 14.2. The van der Waals surface area contributed by atoms with E-state index >= 15 is 0 Å². The lowest BCUT2D eigenvalue weighted by Gasteiger charge is -2.05. The molecule has 1 aromatic carbocycles. The minimum Gasteiger partial charge on any atom is -0.480 e. The highest BCUT2D eigenvalue weighted by Gasteiger charge is 2.09. The molecular formula is C16H23BrN4O5. The van der Waals surface area contributed by atoms with E-state index in [0.29, 0.717) is 30.7 Å². The maximum absolute atomic E-state index is 11.0. The average Bonchev–Trinajstić information content (AvgIpc) is 2.50. The van der Waals surface area contributed by atoms with Gasteiger partial charge in [0.2, 0.25) is 0 Å². The van der Waals surface area contributed by atoms with E-state index in [1.165, 1.54) is 6.07 Å². The van der Waals surface area contributed by atoms with E-state index in [4.69, 9.17) is 26.7 Å². The molecule has 1 atom stereocenters. The second kappa shape index (κ2) is 11.1. The van der Waals surface area contributed by atoms with Crippen molar-refractivity contribution in [2.45, 2.75) is 25.8 Å². The van der Waals surface area contributed by atoms with Crippen LogP contribution in [0.2, 0.25) is 0 Å². The van der Waals surface area contributed by atoms with E-state index < -0.39 is 18.0 Å². The van der Waals surface area contributed by atoms with Crippen LogP contribution < -0.4 is 28.1 Å². The van der Waals surface area contributed by atoms with Gasteiger partial charge >= 0.3 is 17.6 Å². The summed E-state index contributed by atoms with van der Waals surface area (Å²) in [4.78, 5) is 31.3. The number of carbonyl (C=O) groups is 2. The predicted molar refractivity (Wildman–Crippen MR) is 104 cm³/mol. The van der Waals surface area contributed by atoms with Crippen LogP contribution in [0.25, 0.3) is 11.0 Å². The van der Waals surface area contributed by atoms with Gasteiger partial charge in [-0.05, 0) is 37.5 Å². The molecule has 0 radical (unpaired) electrons. The molecule has 10 heteroatoms. The van der Waals surface area contributed by atoms with E-state index in [-0.39, 0.29) is 22.6 Å². The van der Waals surface area contributed by atoms with Crippen LogP contribution in [0, 0.1) is 6.92 Å². The van der Waals surface area contributed by atoms with Crippen molar-refractivity contribution in [3.8, 4) is 0 Å². The smallest absolute Gasteiger partial charge is 0.336 e. The standard InChI is InChI=1S/C10H9NO2.C6H13N3O3.BrH/c1-6-4-10(12)13-9-5-7(11)2-3-8(6)9;7-4(5(10)11)2-1-3-9-6(8)12;/h2-5H,11H2,1H3;4H,1-3,7H2,(H,10,11)(H3,8,9,12);1H/t;4-;/m.0./s1. The maximum Gasteiger partial charge on any atom is 0.336 e. The molecule has 0 saturated carbocycles. The number of fused-ring (bicyclic) bond motifs is 1. The number of amides is 2. The molecule has 1 heterocycles. The van der Waals surface area contributed by atoms with Crippen LogP contribution >= 0.6 is 17.0 Å². The third kappa shape index (κ3) is 7.99. The molecular weight excluding hydrogens is 408 g/mol. The molecule has 0 spiro atoms. The lowest BCUT2D eigenvalue weighted by Crippen LogP contribution is -2.33. The SMILES string of the molecule is Br.Cc1cc(=O)oc2cc(N)ccc12.NC(=O)NCCC[C@H](N)C(=O)O. The number of carboxylic acid groups (broad SMARTS) is 1. The Balaban J connectivity index is 0.000000466. The van der Waals surface area contributed by atoms with Gasteiger partial charge in [0.25, 0.3) is 0 Å². The summed E-state index contributed by atoms with van der Waals surface area (Å²) < 4.78 is 4.99. The number of halogens is 1. The third-order valence-corrected chi connectivity index (χ3v) is 3.28. The summed E-state index contributed by atoms with van der Waals surface area (Å²) in [5.41, 5.74) is 17.2. The van der Waals surface area contributed by atoms with Crippen LogP contribution in [-0.4, -0.2) is 29.7 Å². The minimum atomic E-state index is -1.03. The van der Waals surface area contributed by atoms with Gasteiger partial charge in [-0.2, -0.15) is 0 Å². The summed E-state index contributed by atoms with van der Waals surface area (Å²) in [6.07, 6.45) is 0.839. The summed E-state index contributed by atoms with van der Waals surface area (Å²) in [7, 11) is 0. The lowest BCUT2D eigenvalue weighted by atomic mass is 10.1. The molecule has 2 rings (SSSR count). The first-order valence-electron chi connectivity index (χ1n) is 7.52. The highest BCUT2D eigenvalue weighted by molar-refractivity contribution is 8.93. The summed E-state index contributed by atoms with van der Waals surface area (Å²) >= 11 is 0. The number of rotatable bonds is 5. The topological polar surface area (TPSA) is 175 Å². The van der Waals surface area contributed by atoms with Crippen molar-refractivity contribution in [2.24, 2.45) is 11.5 Å². The number of nitrogens with two attached hydrogens (primary N) is 3. The van der Waals surface area contributed by atoms with Gasteiger partial charge in [0, 0.05) is 29.8 Å². The van der Waals surface area contributed by atoms with Crippen LogP contribution in [0.3, 0.4) is 0 Å². The number of urea groups is 1. The fraction of sp³-hybridized carbons (Fsp3) is 0.312. The fourth-order valence-corrected chi connectivity index (χ4v) is 2.00. The number of aliphatic carboxylic acids is 1. The number of nitrogen functional groups attached to an aromatic ring is 1. The van der Waals surface area contributed by atoms with Crippen molar-refractivity contribution in [2.75, 3.05) is 12.3 Å². The normalized spacial score (nSPS) is 10.8. The third-order valence-electron chi connectivity index (χ3n) is 3.28. The number of carboxylic acids is 1. The van der Waals surface area contributed by atoms with Crippen LogP contribution in [-0.2, 0) is 4.79 Å². The molecule has 26 heavy (non-hydrogen) atoms. The number of benzene rings is 1. The second-order valence-electron chi connectivity index (χ2n) is 5.38. The van der Waals surface area contributed by atoms with Gasteiger partial charge in [0.05, 0.1) is 0 Å². The van der Waals surface area contributed by atoms with Crippen molar-refractivity contribution in [3.63, 3.8) is 0 Å². The predicted octanol–water partition coefficient (Wildman–Crippen LogP) is 1.11. The van der Waals surface area contributed by atoms with Crippen molar-refractivity contribution in [3.05, 3.63) is 40.2 Å². The Morgan fingerprint density at radius 3 is 2.54 bits per heavy atom. The molecule has 0 aliphatic carbocycles. The van der Waals surface area contributed by atoms with Crippen molar-refractivity contribution < 1.29 is 19.1 Å². The van der Waals surface area contributed by atoms with Gasteiger partial charge in [0.15, 0.2) is 0 Å². The number of carbonyl (C=O) groups excluding carboxylic acids is 1. The molecule has 144 valence electrons. The number of aryl methyl sites for hydroxylation is 1. The molecule has 0 fully saturated rings. The maximum atomic E-state index is 11.0. The lowest BCUT2D eigenvalue weighted by molar-refractivity contribution is -0.138. The zero-order chi connectivity index (χ0) is 19.0. The van der Waals surface area contributed by atoms with Crippen LogP contribution in [0.15, 0.2) is 33.5 Å². The molecule has 1 aromatic heterocycles. The first-order valence-corrected chi connectivity index (χ1v) is 7.52. The molecule has 2 aromatic rings. The first-order chi connectivity index (χ1) is 11.7. The largest absolute Gasteiger partial charge is 0.480 e. The molecule has 0 saturated heterocycles. The first kappa shape index (κ1) is 23.4. The van der Waals surface area contributed by atoms with E-state index in [1.807, 2.05) is 13.0 Å². The highest BCUT2D eigenvalue weighted by Crippen LogP contribution is 2.18.